The molecular weight excluding hydrogens is 246 g/mol. The average Bonchev–Trinajstić information content (AvgIpc) is 2.26. The first kappa shape index (κ1) is 11.5. The van der Waals surface area contributed by atoms with Crippen LogP contribution in [-0.2, 0) is 10.1 Å². The lowest BCUT2D eigenvalue weighted by Crippen LogP contribution is -2.00. The van der Waals surface area contributed by atoms with Gasteiger partial charge in [0.1, 0.15) is 4.90 Å². The maximum absolute atomic E-state index is 11.0. The number of nitrogens with zero attached hydrogens (tertiary/aromatic N) is 1. The highest BCUT2D eigenvalue weighted by Crippen LogP contribution is 2.28. The predicted molar refractivity (Wildman–Crippen MR) is 60.4 cm³/mol. The smallest absolute Gasteiger partial charge is 0.282 e. The van der Waals surface area contributed by atoms with E-state index in [4.69, 9.17) is 4.55 Å². The molecule has 2 aromatic carbocycles. The van der Waals surface area contributed by atoms with Crippen molar-refractivity contribution in [2.24, 2.45) is 0 Å². The highest BCUT2D eigenvalue weighted by atomic mass is 32.2. The molecule has 1 N–H and O–H groups in total. The SMILES string of the molecule is O=[N+]([O-])c1cc(S(=O)(=O)O)cc2ccccc12. The minimum atomic E-state index is -4.45. The topological polar surface area (TPSA) is 97.5 Å². The van der Waals surface area contributed by atoms with Crippen molar-refractivity contribution in [2.75, 3.05) is 0 Å². The molecule has 17 heavy (non-hydrogen) atoms. The molecule has 0 unspecified atom stereocenters. The van der Waals surface area contributed by atoms with Gasteiger partial charge < -0.3 is 0 Å². The quantitative estimate of drug-likeness (QED) is 0.501. The lowest BCUT2D eigenvalue weighted by atomic mass is 10.1. The van der Waals surface area contributed by atoms with Crippen molar-refractivity contribution >= 4 is 26.6 Å². The molecule has 0 atom stereocenters. The van der Waals surface area contributed by atoms with Crippen LogP contribution >= 0.6 is 0 Å². The molecule has 7 heteroatoms. The fraction of sp³-hybridized carbons (Fsp3) is 0. The zero-order chi connectivity index (χ0) is 12.6. The molecule has 6 nitrogen and oxygen atoms in total. The zero-order valence-electron chi connectivity index (χ0n) is 8.40. The molecule has 0 aliphatic rings. The van der Waals surface area contributed by atoms with Crippen LogP contribution < -0.4 is 0 Å². The molecule has 2 aromatic rings. The molecule has 0 aliphatic carbocycles. The summed E-state index contributed by atoms with van der Waals surface area (Å²) >= 11 is 0. The lowest BCUT2D eigenvalue weighted by Gasteiger charge is -2.02. The van der Waals surface area contributed by atoms with Crippen molar-refractivity contribution in [3.05, 3.63) is 46.5 Å². The summed E-state index contributed by atoms with van der Waals surface area (Å²) < 4.78 is 30.9. The Morgan fingerprint density at radius 2 is 1.82 bits per heavy atom. The molecule has 0 heterocycles. The Labute approximate surface area is 96.4 Å². The largest absolute Gasteiger partial charge is 0.294 e. The number of benzene rings is 2. The van der Waals surface area contributed by atoms with Crippen molar-refractivity contribution < 1.29 is 17.9 Å². The van der Waals surface area contributed by atoms with E-state index in [-0.39, 0.29) is 5.69 Å². The zero-order valence-corrected chi connectivity index (χ0v) is 9.22. The summed E-state index contributed by atoms with van der Waals surface area (Å²) in [5.41, 5.74) is -0.351. The van der Waals surface area contributed by atoms with E-state index < -0.39 is 19.9 Å². The molecule has 88 valence electrons. The summed E-state index contributed by atoms with van der Waals surface area (Å²) in [6, 6.07) is 8.33. The first-order chi connectivity index (χ1) is 7.89. The number of hydrogen-bond donors (Lipinski definition) is 1. The molecule has 0 saturated carbocycles. The Balaban J connectivity index is 2.90. The molecule has 0 bridgehead atoms. The normalized spacial score (nSPS) is 11.6. The number of hydrogen-bond acceptors (Lipinski definition) is 4. The number of non-ortho nitro benzene ring substituents is 1. The number of nitro benzene ring substituents is 1. The molecular formula is C10H7NO5S. The van der Waals surface area contributed by atoms with Crippen molar-refractivity contribution in [1.82, 2.24) is 0 Å². The maximum Gasteiger partial charge on any atom is 0.294 e. The van der Waals surface area contributed by atoms with E-state index >= 15 is 0 Å². The van der Waals surface area contributed by atoms with Gasteiger partial charge >= 0.3 is 0 Å². The highest BCUT2D eigenvalue weighted by molar-refractivity contribution is 7.85. The Kier molecular flexibility index (Phi) is 2.56. The van der Waals surface area contributed by atoms with Gasteiger partial charge in [0.15, 0.2) is 0 Å². The van der Waals surface area contributed by atoms with Crippen molar-refractivity contribution in [2.45, 2.75) is 4.90 Å². The first-order valence-corrected chi connectivity index (χ1v) is 5.98. The van der Waals surface area contributed by atoms with Crippen molar-refractivity contribution in [3.8, 4) is 0 Å². The Bertz CT molecular complexity index is 708. The standard InChI is InChI=1S/C10H7NO5S/c12-11(13)10-6-8(17(14,15)16)5-7-3-1-2-4-9(7)10/h1-6H,(H,14,15,16). The first-order valence-electron chi connectivity index (χ1n) is 4.54. The van der Waals surface area contributed by atoms with E-state index in [0.29, 0.717) is 10.8 Å². The van der Waals surface area contributed by atoms with E-state index in [0.717, 1.165) is 6.07 Å². The van der Waals surface area contributed by atoms with Crippen LogP contribution in [-0.4, -0.2) is 17.9 Å². The van der Waals surface area contributed by atoms with Crippen LogP contribution in [0.2, 0.25) is 0 Å². The fourth-order valence-electron chi connectivity index (χ4n) is 1.56. The second kappa shape index (κ2) is 3.79. The second-order valence-electron chi connectivity index (χ2n) is 3.40. The summed E-state index contributed by atoms with van der Waals surface area (Å²) in [4.78, 5) is 9.66. The van der Waals surface area contributed by atoms with Crippen LogP contribution in [0.5, 0.6) is 0 Å². The van der Waals surface area contributed by atoms with Gasteiger partial charge in [-0.1, -0.05) is 18.2 Å². The molecule has 0 aliphatic heterocycles. The third-order valence-electron chi connectivity index (χ3n) is 2.31. The number of fused-ring (bicyclic) bond motifs is 1. The molecule has 0 aromatic heterocycles. The van der Waals surface area contributed by atoms with Crippen LogP contribution in [0.1, 0.15) is 0 Å². The molecule has 0 radical (unpaired) electrons. The molecule has 2 rings (SSSR count). The molecule has 0 spiro atoms. The van der Waals surface area contributed by atoms with Gasteiger partial charge in [0.05, 0.1) is 10.3 Å². The summed E-state index contributed by atoms with van der Waals surface area (Å²) in [6.45, 7) is 0. The van der Waals surface area contributed by atoms with Gasteiger partial charge in [-0.2, -0.15) is 8.42 Å². The van der Waals surface area contributed by atoms with Gasteiger partial charge in [0.2, 0.25) is 0 Å². The van der Waals surface area contributed by atoms with Crippen molar-refractivity contribution in [1.29, 1.82) is 0 Å². The van der Waals surface area contributed by atoms with Crippen LogP contribution in [0.3, 0.4) is 0 Å². The van der Waals surface area contributed by atoms with Crippen LogP contribution in [0.15, 0.2) is 41.3 Å². The van der Waals surface area contributed by atoms with E-state index in [1.165, 1.54) is 18.2 Å². The molecule has 0 amide bonds. The van der Waals surface area contributed by atoms with E-state index in [2.05, 4.69) is 0 Å². The predicted octanol–water partition coefficient (Wildman–Crippen LogP) is 1.99. The van der Waals surface area contributed by atoms with Crippen molar-refractivity contribution in [3.63, 3.8) is 0 Å². The monoisotopic (exact) mass is 253 g/mol. The van der Waals surface area contributed by atoms with Gasteiger partial charge in [-0.15, -0.1) is 0 Å². The fourth-order valence-corrected chi connectivity index (χ4v) is 2.10. The lowest BCUT2D eigenvalue weighted by molar-refractivity contribution is -0.383. The van der Waals surface area contributed by atoms with Gasteiger partial charge in [-0.3, -0.25) is 14.7 Å². The highest BCUT2D eigenvalue weighted by Gasteiger charge is 2.19. The Hall–Kier alpha value is -1.99. The van der Waals surface area contributed by atoms with E-state index in [9.17, 15) is 18.5 Å². The summed E-state index contributed by atoms with van der Waals surface area (Å²) in [7, 11) is -4.45. The molecule has 0 saturated heterocycles. The Morgan fingerprint density at radius 1 is 1.18 bits per heavy atom. The number of rotatable bonds is 2. The average molecular weight is 253 g/mol. The van der Waals surface area contributed by atoms with E-state index in [1.807, 2.05) is 0 Å². The molecule has 0 fully saturated rings. The number of nitro groups is 1. The summed E-state index contributed by atoms with van der Waals surface area (Å²) in [6.07, 6.45) is 0. The Morgan fingerprint density at radius 3 is 2.41 bits per heavy atom. The van der Waals surface area contributed by atoms with Gasteiger partial charge in [0, 0.05) is 6.07 Å². The van der Waals surface area contributed by atoms with Gasteiger partial charge in [-0.05, 0) is 17.5 Å². The van der Waals surface area contributed by atoms with Crippen LogP contribution in [0.4, 0.5) is 5.69 Å². The van der Waals surface area contributed by atoms with Crippen LogP contribution in [0.25, 0.3) is 10.8 Å². The minimum Gasteiger partial charge on any atom is -0.282 e. The van der Waals surface area contributed by atoms with Crippen LogP contribution in [0, 0.1) is 10.1 Å². The second-order valence-corrected chi connectivity index (χ2v) is 4.82. The van der Waals surface area contributed by atoms with Gasteiger partial charge in [0.25, 0.3) is 15.8 Å². The minimum absolute atomic E-state index is 0.324. The maximum atomic E-state index is 11.0. The van der Waals surface area contributed by atoms with Gasteiger partial charge in [-0.25, -0.2) is 0 Å². The summed E-state index contributed by atoms with van der Waals surface area (Å²) in [5, 5.41) is 11.5. The summed E-state index contributed by atoms with van der Waals surface area (Å²) in [5.74, 6) is 0. The third kappa shape index (κ3) is 2.10. The van der Waals surface area contributed by atoms with E-state index in [1.54, 1.807) is 12.1 Å². The third-order valence-corrected chi connectivity index (χ3v) is 3.14.